The number of halogens is 2. The SMILES string of the molecule is CCN(C)CC1CCN(C(=O)C(C)N)C1.Cl.Cl. The Bertz CT molecular complexity index is 227. The van der Waals surface area contributed by atoms with E-state index in [2.05, 4.69) is 18.9 Å². The van der Waals surface area contributed by atoms with Gasteiger partial charge in [-0.2, -0.15) is 0 Å². The fourth-order valence-corrected chi connectivity index (χ4v) is 2.04. The second-order valence-corrected chi connectivity index (χ2v) is 4.58. The maximum absolute atomic E-state index is 11.6. The highest BCUT2D eigenvalue weighted by atomic mass is 35.5. The van der Waals surface area contributed by atoms with Crippen LogP contribution < -0.4 is 5.73 Å². The first-order chi connectivity index (χ1) is 7.04. The number of likely N-dealkylation sites (tertiary alicyclic amines) is 1. The minimum atomic E-state index is -0.354. The van der Waals surface area contributed by atoms with Crippen molar-refractivity contribution < 1.29 is 4.79 Å². The quantitative estimate of drug-likeness (QED) is 0.838. The van der Waals surface area contributed by atoms with E-state index in [1.54, 1.807) is 6.92 Å². The van der Waals surface area contributed by atoms with Crippen molar-refractivity contribution in [3.63, 3.8) is 0 Å². The first-order valence-corrected chi connectivity index (χ1v) is 5.77. The maximum Gasteiger partial charge on any atom is 0.239 e. The van der Waals surface area contributed by atoms with Crippen LogP contribution in [0.4, 0.5) is 0 Å². The Kier molecular flexibility index (Phi) is 10.2. The van der Waals surface area contributed by atoms with E-state index in [1.165, 1.54) is 0 Å². The predicted molar refractivity (Wildman–Crippen MR) is 76.0 cm³/mol. The number of rotatable bonds is 4. The zero-order chi connectivity index (χ0) is 11.4. The molecule has 1 heterocycles. The molecular weight excluding hydrogens is 261 g/mol. The van der Waals surface area contributed by atoms with Crippen LogP contribution in [0.3, 0.4) is 0 Å². The second-order valence-electron chi connectivity index (χ2n) is 4.58. The molecular formula is C11H25Cl2N3O. The molecule has 0 spiro atoms. The molecule has 0 saturated carbocycles. The van der Waals surface area contributed by atoms with Crippen LogP contribution in [-0.2, 0) is 4.79 Å². The van der Waals surface area contributed by atoms with E-state index in [0.29, 0.717) is 5.92 Å². The first-order valence-electron chi connectivity index (χ1n) is 5.77. The van der Waals surface area contributed by atoms with Crippen LogP contribution in [0.1, 0.15) is 20.3 Å². The van der Waals surface area contributed by atoms with Gasteiger partial charge in [-0.3, -0.25) is 4.79 Å². The molecule has 0 aromatic rings. The van der Waals surface area contributed by atoms with Crippen LogP contribution in [0.25, 0.3) is 0 Å². The van der Waals surface area contributed by atoms with Gasteiger partial charge in [0.05, 0.1) is 6.04 Å². The van der Waals surface area contributed by atoms with Crippen LogP contribution in [-0.4, -0.2) is 55.0 Å². The zero-order valence-corrected chi connectivity index (χ0v) is 12.5. The van der Waals surface area contributed by atoms with E-state index in [9.17, 15) is 4.79 Å². The Labute approximate surface area is 117 Å². The number of carbonyl (C=O) groups excluding carboxylic acids is 1. The summed E-state index contributed by atoms with van der Waals surface area (Å²) in [6, 6.07) is -0.354. The molecule has 1 amide bonds. The standard InChI is InChI=1S/C11H23N3O.2ClH/c1-4-13(3)7-10-5-6-14(8-10)11(15)9(2)12;;/h9-10H,4-8,12H2,1-3H3;2*1H. The average Bonchev–Trinajstić information content (AvgIpc) is 2.64. The molecule has 104 valence electrons. The van der Waals surface area contributed by atoms with Gasteiger partial charge in [0.15, 0.2) is 0 Å². The smallest absolute Gasteiger partial charge is 0.239 e. The summed E-state index contributed by atoms with van der Waals surface area (Å²) in [5, 5.41) is 0. The monoisotopic (exact) mass is 285 g/mol. The first kappa shape index (κ1) is 19.3. The van der Waals surface area contributed by atoms with Crippen molar-refractivity contribution in [3.8, 4) is 0 Å². The number of amides is 1. The van der Waals surface area contributed by atoms with E-state index < -0.39 is 0 Å². The highest BCUT2D eigenvalue weighted by Gasteiger charge is 2.27. The Morgan fingerprint density at radius 2 is 2.12 bits per heavy atom. The lowest BCUT2D eigenvalue weighted by Gasteiger charge is -2.21. The van der Waals surface area contributed by atoms with Crippen LogP contribution in [0.15, 0.2) is 0 Å². The summed E-state index contributed by atoms with van der Waals surface area (Å²) in [6.07, 6.45) is 1.11. The van der Waals surface area contributed by atoms with E-state index >= 15 is 0 Å². The van der Waals surface area contributed by atoms with Gasteiger partial charge < -0.3 is 15.5 Å². The molecule has 17 heavy (non-hydrogen) atoms. The lowest BCUT2D eigenvalue weighted by Crippen LogP contribution is -2.41. The third-order valence-electron chi connectivity index (χ3n) is 3.10. The summed E-state index contributed by atoms with van der Waals surface area (Å²) in [5.41, 5.74) is 5.59. The molecule has 0 radical (unpaired) electrons. The molecule has 2 atom stereocenters. The van der Waals surface area contributed by atoms with Crippen molar-refractivity contribution in [1.29, 1.82) is 0 Å². The van der Waals surface area contributed by atoms with Gasteiger partial charge in [-0.25, -0.2) is 0 Å². The maximum atomic E-state index is 11.6. The predicted octanol–water partition coefficient (Wildman–Crippen LogP) is 0.977. The summed E-state index contributed by atoms with van der Waals surface area (Å²) in [4.78, 5) is 15.8. The summed E-state index contributed by atoms with van der Waals surface area (Å²) in [6.45, 7) is 7.82. The number of carbonyl (C=O) groups is 1. The molecule has 2 N–H and O–H groups in total. The molecule has 0 bridgehead atoms. The second kappa shape index (κ2) is 8.97. The average molecular weight is 286 g/mol. The van der Waals surface area contributed by atoms with Gasteiger partial charge in [-0.1, -0.05) is 6.92 Å². The van der Waals surface area contributed by atoms with Gasteiger partial charge in [0.25, 0.3) is 0 Å². The van der Waals surface area contributed by atoms with Crippen LogP contribution in [0.5, 0.6) is 0 Å². The highest BCUT2D eigenvalue weighted by molar-refractivity contribution is 5.85. The van der Waals surface area contributed by atoms with Crippen molar-refractivity contribution in [1.82, 2.24) is 9.80 Å². The van der Waals surface area contributed by atoms with Crippen molar-refractivity contribution in [2.75, 3.05) is 33.2 Å². The Hall–Kier alpha value is -0.0300. The minimum absolute atomic E-state index is 0. The normalized spacial score (nSPS) is 20.8. The molecule has 6 heteroatoms. The fourth-order valence-electron chi connectivity index (χ4n) is 2.04. The lowest BCUT2D eigenvalue weighted by atomic mass is 10.1. The zero-order valence-electron chi connectivity index (χ0n) is 10.9. The largest absolute Gasteiger partial charge is 0.341 e. The van der Waals surface area contributed by atoms with E-state index in [1.807, 2.05) is 4.90 Å². The summed E-state index contributed by atoms with van der Waals surface area (Å²) in [5.74, 6) is 0.717. The van der Waals surface area contributed by atoms with Crippen LogP contribution >= 0.6 is 24.8 Å². The number of nitrogens with two attached hydrogens (primary N) is 1. The van der Waals surface area contributed by atoms with Crippen molar-refractivity contribution in [2.24, 2.45) is 11.7 Å². The molecule has 1 saturated heterocycles. The molecule has 0 aromatic carbocycles. The topological polar surface area (TPSA) is 49.6 Å². The number of hydrogen-bond donors (Lipinski definition) is 1. The minimum Gasteiger partial charge on any atom is -0.341 e. The van der Waals surface area contributed by atoms with Crippen LogP contribution in [0.2, 0.25) is 0 Å². The van der Waals surface area contributed by atoms with Crippen molar-refractivity contribution in [2.45, 2.75) is 26.3 Å². The molecule has 2 unspecified atom stereocenters. The summed E-state index contributed by atoms with van der Waals surface area (Å²) < 4.78 is 0. The summed E-state index contributed by atoms with van der Waals surface area (Å²) in [7, 11) is 2.12. The Morgan fingerprint density at radius 3 is 2.59 bits per heavy atom. The Balaban J connectivity index is 0. The number of hydrogen-bond acceptors (Lipinski definition) is 3. The molecule has 1 fully saturated rings. The van der Waals surface area contributed by atoms with E-state index in [-0.39, 0.29) is 36.8 Å². The fraction of sp³-hybridized carbons (Fsp3) is 0.909. The van der Waals surface area contributed by atoms with Crippen molar-refractivity contribution in [3.05, 3.63) is 0 Å². The molecule has 4 nitrogen and oxygen atoms in total. The third-order valence-corrected chi connectivity index (χ3v) is 3.10. The van der Waals surface area contributed by atoms with Gasteiger partial charge in [0.1, 0.15) is 0 Å². The Morgan fingerprint density at radius 1 is 1.53 bits per heavy atom. The van der Waals surface area contributed by atoms with Crippen molar-refractivity contribution >= 4 is 30.7 Å². The third kappa shape index (κ3) is 5.91. The van der Waals surface area contributed by atoms with Crippen LogP contribution in [0, 0.1) is 5.92 Å². The highest BCUT2D eigenvalue weighted by Crippen LogP contribution is 2.17. The number of nitrogens with zero attached hydrogens (tertiary/aromatic N) is 2. The molecule has 0 aromatic heterocycles. The van der Waals surface area contributed by atoms with E-state index in [0.717, 1.165) is 32.6 Å². The van der Waals surface area contributed by atoms with Gasteiger partial charge in [-0.15, -0.1) is 24.8 Å². The van der Waals surface area contributed by atoms with Gasteiger partial charge >= 0.3 is 0 Å². The van der Waals surface area contributed by atoms with Gasteiger partial charge in [0, 0.05) is 19.6 Å². The molecule has 1 aliphatic rings. The molecule has 0 aliphatic carbocycles. The van der Waals surface area contributed by atoms with E-state index in [4.69, 9.17) is 5.73 Å². The lowest BCUT2D eigenvalue weighted by molar-refractivity contribution is -0.131. The molecule has 1 aliphatic heterocycles. The van der Waals surface area contributed by atoms with Gasteiger partial charge in [-0.05, 0) is 32.9 Å². The summed E-state index contributed by atoms with van der Waals surface area (Å²) >= 11 is 0. The van der Waals surface area contributed by atoms with Gasteiger partial charge in [0.2, 0.25) is 5.91 Å². The molecule has 1 rings (SSSR count).